The maximum atomic E-state index is 13.8. The molecule has 0 saturated carbocycles. The lowest BCUT2D eigenvalue weighted by Crippen LogP contribution is -2.15. The van der Waals surface area contributed by atoms with E-state index in [1.165, 1.54) is 17.2 Å². The first-order chi connectivity index (χ1) is 9.10. The van der Waals surface area contributed by atoms with Crippen LogP contribution in [0.2, 0.25) is 0 Å². The number of halogens is 2. The number of hydrogen-bond acceptors (Lipinski definition) is 1. The van der Waals surface area contributed by atoms with E-state index in [-0.39, 0.29) is 11.7 Å². The zero-order valence-electron chi connectivity index (χ0n) is 10.9. The van der Waals surface area contributed by atoms with Gasteiger partial charge in [-0.2, -0.15) is 0 Å². The second kappa shape index (κ2) is 6.31. The van der Waals surface area contributed by atoms with Crippen LogP contribution in [0.3, 0.4) is 0 Å². The van der Waals surface area contributed by atoms with Crippen molar-refractivity contribution in [1.29, 1.82) is 0 Å². The molecule has 100 valence electrons. The SMILES string of the molecule is Cc1cccc(C(CN)Cc2cc(Br)ccc2F)c1. The molecular formula is C16H17BrFN. The van der Waals surface area contributed by atoms with Crippen molar-refractivity contribution < 1.29 is 4.39 Å². The van der Waals surface area contributed by atoms with E-state index in [0.717, 1.165) is 4.47 Å². The van der Waals surface area contributed by atoms with Crippen LogP contribution in [-0.2, 0) is 6.42 Å². The third-order valence-corrected chi connectivity index (χ3v) is 3.77. The molecule has 0 aliphatic carbocycles. The Bertz CT molecular complexity index is 568. The molecule has 0 fully saturated rings. The lowest BCUT2D eigenvalue weighted by Gasteiger charge is -2.16. The summed E-state index contributed by atoms with van der Waals surface area (Å²) in [7, 11) is 0. The first kappa shape index (κ1) is 14.2. The van der Waals surface area contributed by atoms with Crippen LogP contribution in [0.15, 0.2) is 46.9 Å². The van der Waals surface area contributed by atoms with Crippen LogP contribution in [-0.4, -0.2) is 6.54 Å². The highest BCUT2D eigenvalue weighted by atomic mass is 79.9. The monoisotopic (exact) mass is 321 g/mol. The summed E-state index contributed by atoms with van der Waals surface area (Å²) in [6.07, 6.45) is 0.616. The topological polar surface area (TPSA) is 26.0 Å². The molecule has 2 rings (SSSR count). The Kier molecular flexibility index (Phi) is 4.72. The van der Waals surface area contributed by atoms with Crippen molar-refractivity contribution in [3.05, 3.63) is 69.4 Å². The van der Waals surface area contributed by atoms with Gasteiger partial charge < -0.3 is 5.73 Å². The Morgan fingerprint density at radius 3 is 2.68 bits per heavy atom. The summed E-state index contributed by atoms with van der Waals surface area (Å²) in [5.74, 6) is -0.0296. The molecule has 0 heterocycles. The van der Waals surface area contributed by atoms with E-state index < -0.39 is 0 Å². The summed E-state index contributed by atoms with van der Waals surface area (Å²) < 4.78 is 14.7. The first-order valence-electron chi connectivity index (χ1n) is 6.30. The highest BCUT2D eigenvalue weighted by Crippen LogP contribution is 2.24. The minimum atomic E-state index is -0.172. The minimum absolute atomic E-state index is 0.142. The Labute approximate surface area is 121 Å². The molecule has 0 saturated heterocycles. The fraction of sp³-hybridized carbons (Fsp3) is 0.250. The van der Waals surface area contributed by atoms with E-state index in [0.29, 0.717) is 18.5 Å². The average Bonchev–Trinajstić information content (AvgIpc) is 2.39. The Balaban J connectivity index is 2.26. The van der Waals surface area contributed by atoms with Gasteiger partial charge in [0.05, 0.1) is 0 Å². The molecule has 2 aromatic rings. The van der Waals surface area contributed by atoms with Crippen LogP contribution < -0.4 is 5.73 Å². The second-order valence-corrected chi connectivity index (χ2v) is 5.70. The molecule has 2 aromatic carbocycles. The molecule has 1 atom stereocenters. The minimum Gasteiger partial charge on any atom is -0.330 e. The summed E-state index contributed by atoms with van der Waals surface area (Å²) in [5, 5.41) is 0. The summed E-state index contributed by atoms with van der Waals surface area (Å²) in [4.78, 5) is 0. The zero-order chi connectivity index (χ0) is 13.8. The lowest BCUT2D eigenvalue weighted by molar-refractivity contribution is 0.590. The van der Waals surface area contributed by atoms with Crippen molar-refractivity contribution in [3.63, 3.8) is 0 Å². The van der Waals surface area contributed by atoms with Gasteiger partial charge in [0.25, 0.3) is 0 Å². The fourth-order valence-corrected chi connectivity index (χ4v) is 2.64. The van der Waals surface area contributed by atoms with Gasteiger partial charge in [-0.3, -0.25) is 0 Å². The van der Waals surface area contributed by atoms with Gasteiger partial charge in [0, 0.05) is 10.4 Å². The zero-order valence-corrected chi connectivity index (χ0v) is 12.5. The summed E-state index contributed by atoms with van der Waals surface area (Å²) >= 11 is 3.38. The van der Waals surface area contributed by atoms with E-state index in [1.807, 2.05) is 12.1 Å². The molecule has 0 aliphatic heterocycles. The van der Waals surface area contributed by atoms with E-state index in [1.54, 1.807) is 6.07 Å². The van der Waals surface area contributed by atoms with Crippen molar-refractivity contribution in [2.45, 2.75) is 19.3 Å². The molecule has 3 heteroatoms. The molecule has 0 radical (unpaired) electrons. The largest absolute Gasteiger partial charge is 0.330 e. The highest BCUT2D eigenvalue weighted by molar-refractivity contribution is 9.10. The van der Waals surface area contributed by atoms with Crippen molar-refractivity contribution in [1.82, 2.24) is 0 Å². The Hall–Kier alpha value is -1.19. The van der Waals surface area contributed by atoms with Crippen LogP contribution >= 0.6 is 15.9 Å². The molecule has 0 aromatic heterocycles. The molecule has 0 aliphatic rings. The van der Waals surface area contributed by atoms with Crippen molar-refractivity contribution >= 4 is 15.9 Å². The van der Waals surface area contributed by atoms with Gasteiger partial charge in [-0.1, -0.05) is 45.8 Å². The van der Waals surface area contributed by atoms with E-state index in [4.69, 9.17) is 5.73 Å². The van der Waals surface area contributed by atoms with Crippen molar-refractivity contribution in [2.75, 3.05) is 6.54 Å². The third-order valence-electron chi connectivity index (χ3n) is 3.27. The van der Waals surface area contributed by atoms with Gasteiger partial charge in [-0.15, -0.1) is 0 Å². The van der Waals surface area contributed by atoms with Gasteiger partial charge in [0.1, 0.15) is 5.82 Å². The van der Waals surface area contributed by atoms with Gasteiger partial charge in [0.2, 0.25) is 0 Å². The summed E-state index contributed by atoms with van der Waals surface area (Å²) in [5.41, 5.74) is 8.93. The van der Waals surface area contributed by atoms with Gasteiger partial charge in [-0.25, -0.2) is 4.39 Å². The molecule has 0 amide bonds. The average molecular weight is 322 g/mol. The van der Waals surface area contributed by atoms with E-state index in [9.17, 15) is 4.39 Å². The van der Waals surface area contributed by atoms with Crippen molar-refractivity contribution in [3.8, 4) is 0 Å². The van der Waals surface area contributed by atoms with Crippen molar-refractivity contribution in [2.24, 2.45) is 5.73 Å². The fourth-order valence-electron chi connectivity index (χ4n) is 2.23. The van der Waals surface area contributed by atoms with Gasteiger partial charge in [-0.05, 0) is 49.2 Å². The molecule has 1 nitrogen and oxygen atoms in total. The van der Waals surface area contributed by atoms with Gasteiger partial charge >= 0.3 is 0 Å². The molecule has 0 spiro atoms. The number of benzene rings is 2. The number of aryl methyl sites for hydroxylation is 1. The van der Waals surface area contributed by atoms with Crippen LogP contribution in [0.5, 0.6) is 0 Å². The van der Waals surface area contributed by atoms with Crippen LogP contribution in [0, 0.1) is 12.7 Å². The maximum Gasteiger partial charge on any atom is 0.126 e. The quantitative estimate of drug-likeness (QED) is 0.898. The molecule has 2 N–H and O–H groups in total. The number of nitrogens with two attached hydrogens (primary N) is 1. The van der Waals surface area contributed by atoms with Gasteiger partial charge in [0.15, 0.2) is 0 Å². The standard InChI is InChI=1S/C16H17BrFN/c1-11-3-2-4-12(7-11)14(10-19)8-13-9-15(17)5-6-16(13)18/h2-7,9,14H,8,10,19H2,1H3. The smallest absolute Gasteiger partial charge is 0.126 e. The number of rotatable bonds is 4. The van der Waals surface area contributed by atoms with E-state index >= 15 is 0 Å². The van der Waals surface area contributed by atoms with E-state index in [2.05, 4.69) is 41.1 Å². The Morgan fingerprint density at radius 2 is 2.00 bits per heavy atom. The Morgan fingerprint density at radius 1 is 1.21 bits per heavy atom. The predicted molar refractivity (Wildman–Crippen MR) is 80.8 cm³/mol. The highest BCUT2D eigenvalue weighted by Gasteiger charge is 2.13. The normalized spacial score (nSPS) is 12.4. The summed E-state index contributed by atoms with van der Waals surface area (Å²) in [6.45, 7) is 2.56. The molecule has 19 heavy (non-hydrogen) atoms. The van der Waals surface area contributed by atoms with Crippen LogP contribution in [0.1, 0.15) is 22.6 Å². The second-order valence-electron chi connectivity index (χ2n) is 4.79. The number of hydrogen-bond donors (Lipinski definition) is 1. The lowest BCUT2D eigenvalue weighted by atomic mass is 9.91. The summed E-state index contributed by atoms with van der Waals surface area (Å²) in [6, 6.07) is 13.3. The molecule has 1 unspecified atom stereocenters. The van der Waals surface area contributed by atoms with Crippen LogP contribution in [0.4, 0.5) is 4.39 Å². The molecule has 0 bridgehead atoms. The van der Waals surface area contributed by atoms with Crippen LogP contribution in [0.25, 0.3) is 0 Å². The third kappa shape index (κ3) is 3.64. The first-order valence-corrected chi connectivity index (χ1v) is 7.10. The maximum absolute atomic E-state index is 13.8. The predicted octanol–water partition coefficient (Wildman–Crippen LogP) is 4.18. The molecular weight excluding hydrogens is 305 g/mol.